The molecule has 3 rings (SSSR count). The predicted molar refractivity (Wildman–Crippen MR) is 68.0 cm³/mol. The number of nitrogen functional groups attached to an aromatic ring is 1. The van der Waals surface area contributed by atoms with Gasteiger partial charge < -0.3 is 10.3 Å². The first kappa shape index (κ1) is 10.3. The van der Waals surface area contributed by atoms with Crippen molar-refractivity contribution >= 4 is 16.7 Å². The third kappa shape index (κ3) is 1.57. The van der Waals surface area contributed by atoms with Gasteiger partial charge in [-0.1, -0.05) is 6.07 Å². The van der Waals surface area contributed by atoms with Crippen LogP contribution in [0.3, 0.4) is 0 Å². The standard InChI is InChI=1S/C13H9N5/c14-7-9-1-2-10-3-4-18(11(10)5-9)13-6-12(15)16-8-17-13/h1-6,8H,(H2,15,16,17). The number of nitriles is 1. The highest BCUT2D eigenvalue weighted by molar-refractivity contribution is 5.83. The topological polar surface area (TPSA) is 80.5 Å². The van der Waals surface area contributed by atoms with Gasteiger partial charge in [0.1, 0.15) is 18.0 Å². The Bertz CT molecular complexity index is 766. The van der Waals surface area contributed by atoms with Gasteiger partial charge in [-0.2, -0.15) is 5.26 Å². The Morgan fingerprint density at radius 3 is 2.83 bits per heavy atom. The zero-order valence-electron chi connectivity index (χ0n) is 9.41. The molecule has 3 aromatic rings. The summed E-state index contributed by atoms with van der Waals surface area (Å²) in [5.74, 6) is 1.10. The van der Waals surface area contributed by atoms with Crippen LogP contribution in [0.5, 0.6) is 0 Å². The van der Waals surface area contributed by atoms with Crippen molar-refractivity contribution < 1.29 is 0 Å². The fourth-order valence-electron chi connectivity index (χ4n) is 1.89. The van der Waals surface area contributed by atoms with Crippen molar-refractivity contribution in [2.45, 2.75) is 0 Å². The van der Waals surface area contributed by atoms with Crippen molar-refractivity contribution in [3.8, 4) is 11.9 Å². The number of anilines is 1. The maximum atomic E-state index is 8.94. The summed E-state index contributed by atoms with van der Waals surface area (Å²) < 4.78 is 1.88. The Labute approximate surface area is 103 Å². The molecule has 0 atom stereocenters. The molecule has 18 heavy (non-hydrogen) atoms. The normalized spacial score (nSPS) is 10.4. The summed E-state index contributed by atoms with van der Waals surface area (Å²) >= 11 is 0. The van der Waals surface area contributed by atoms with Gasteiger partial charge in [-0.15, -0.1) is 0 Å². The average molecular weight is 235 g/mol. The summed E-state index contributed by atoms with van der Waals surface area (Å²) in [6, 6.07) is 11.3. The van der Waals surface area contributed by atoms with E-state index in [4.69, 9.17) is 11.0 Å². The molecule has 0 spiro atoms. The van der Waals surface area contributed by atoms with Crippen molar-refractivity contribution in [3.63, 3.8) is 0 Å². The largest absolute Gasteiger partial charge is 0.384 e. The van der Waals surface area contributed by atoms with E-state index in [1.807, 2.05) is 29.0 Å². The van der Waals surface area contributed by atoms with E-state index in [9.17, 15) is 0 Å². The molecule has 0 radical (unpaired) electrons. The van der Waals surface area contributed by atoms with Crippen LogP contribution in [0.4, 0.5) is 5.82 Å². The molecule has 5 heteroatoms. The summed E-state index contributed by atoms with van der Waals surface area (Å²) in [6.07, 6.45) is 3.32. The lowest BCUT2D eigenvalue weighted by Gasteiger charge is -2.04. The number of benzene rings is 1. The number of hydrogen-bond donors (Lipinski definition) is 1. The van der Waals surface area contributed by atoms with Gasteiger partial charge in [0, 0.05) is 17.6 Å². The summed E-state index contributed by atoms with van der Waals surface area (Å²) in [5.41, 5.74) is 7.19. The zero-order chi connectivity index (χ0) is 12.5. The molecule has 1 aromatic carbocycles. The van der Waals surface area contributed by atoms with Crippen molar-refractivity contribution in [2.24, 2.45) is 0 Å². The molecule has 5 nitrogen and oxygen atoms in total. The minimum absolute atomic E-state index is 0.415. The van der Waals surface area contributed by atoms with Crippen LogP contribution in [-0.4, -0.2) is 14.5 Å². The molecule has 86 valence electrons. The number of hydrogen-bond acceptors (Lipinski definition) is 4. The molecule has 0 amide bonds. The average Bonchev–Trinajstić information content (AvgIpc) is 2.81. The zero-order valence-corrected chi connectivity index (χ0v) is 9.41. The second-order valence-electron chi connectivity index (χ2n) is 3.87. The molecule has 0 aliphatic carbocycles. The van der Waals surface area contributed by atoms with Crippen LogP contribution in [0.2, 0.25) is 0 Å². The van der Waals surface area contributed by atoms with Gasteiger partial charge in [0.2, 0.25) is 0 Å². The third-order valence-electron chi connectivity index (χ3n) is 2.74. The molecule has 2 aromatic heterocycles. The second kappa shape index (κ2) is 3.86. The lowest BCUT2D eigenvalue weighted by Crippen LogP contribution is -1.99. The lowest BCUT2D eigenvalue weighted by molar-refractivity contribution is 1.01. The summed E-state index contributed by atoms with van der Waals surface area (Å²) in [7, 11) is 0. The van der Waals surface area contributed by atoms with Gasteiger partial charge in [0.05, 0.1) is 17.1 Å². The first-order chi connectivity index (χ1) is 8.78. The Hall–Kier alpha value is -2.87. The maximum absolute atomic E-state index is 8.94. The minimum atomic E-state index is 0.415. The van der Waals surface area contributed by atoms with E-state index in [-0.39, 0.29) is 0 Å². The Balaban J connectivity index is 2.27. The molecular weight excluding hydrogens is 226 g/mol. The van der Waals surface area contributed by atoms with Crippen LogP contribution in [0.1, 0.15) is 5.56 Å². The monoisotopic (exact) mass is 235 g/mol. The molecule has 0 aliphatic heterocycles. The van der Waals surface area contributed by atoms with Crippen molar-refractivity contribution in [3.05, 3.63) is 48.4 Å². The Morgan fingerprint density at radius 1 is 1.17 bits per heavy atom. The highest BCUT2D eigenvalue weighted by Gasteiger charge is 2.05. The molecule has 0 saturated heterocycles. The van der Waals surface area contributed by atoms with Crippen LogP contribution in [0.15, 0.2) is 42.9 Å². The van der Waals surface area contributed by atoms with Gasteiger partial charge in [0.25, 0.3) is 0 Å². The number of nitrogens with zero attached hydrogens (tertiary/aromatic N) is 4. The minimum Gasteiger partial charge on any atom is -0.384 e. The number of aromatic nitrogens is 3. The predicted octanol–water partition coefficient (Wildman–Crippen LogP) is 1.87. The SMILES string of the molecule is N#Cc1ccc2ccn(-c3cc(N)ncn3)c2c1. The van der Waals surface area contributed by atoms with Crippen molar-refractivity contribution in [1.82, 2.24) is 14.5 Å². The van der Waals surface area contributed by atoms with Crippen LogP contribution < -0.4 is 5.73 Å². The molecule has 0 saturated carbocycles. The van der Waals surface area contributed by atoms with Crippen molar-refractivity contribution in [2.75, 3.05) is 5.73 Å². The smallest absolute Gasteiger partial charge is 0.142 e. The Morgan fingerprint density at radius 2 is 2.06 bits per heavy atom. The maximum Gasteiger partial charge on any atom is 0.142 e. The Kier molecular flexibility index (Phi) is 2.21. The highest BCUT2D eigenvalue weighted by Crippen LogP contribution is 2.20. The quantitative estimate of drug-likeness (QED) is 0.698. The fourth-order valence-corrected chi connectivity index (χ4v) is 1.89. The van der Waals surface area contributed by atoms with E-state index in [0.29, 0.717) is 17.2 Å². The van der Waals surface area contributed by atoms with Crippen LogP contribution in [0.25, 0.3) is 16.7 Å². The van der Waals surface area contributed by atoms with E-state index in [1.54, 1.807) is 12.1 Å². The van der Waals surface area contributed by atoms with Gasteiger partial charge in [-0.3, -0.25) is 0 Å². The molecule has 0 bridgehead atoms. The lowest BCUT2D eigenvalue weighted by atomic mass is 10.2. The molecule has 2 N–H and O–H groups in total. The molecule has 0 unspecified atom stereocenters. The second-order valence-corrected chi connectivity index (χ2v) is 3.87. The molecule has 0 fully saturated rings. The van der Waals surface area contributed by atoms with E-state index in [1.165, 1.54) is 6.33 Å². The van der Waals surface area contributed by atoms with Gasteiger partial charge in [0.15, 0.2) is 0 Å². The van der Waals surface area contributed by atoms with Gasteiger partial charge in [-0.05, 0) is 18.2 Å². The first-order valence-electron chi connectivity index (χ1n) is 5.37. The summed E-state index contributed by atoms with van der Waals surface area (Å²) in [4.78, 5) is 8.04. The van der Waals surface area contributed by atoms with E-state index in [0.717, 1.165) is 10.9 Å². The van der Waals surface area contributed by atoms with E-state index < -0.39 is 0 Å². The van der Waals surface area contributed by atoms with Crippen LogP contribution in [0, 0.1) is 11.3 Å². The van der Waals surface area contributed by atoms with Gasteiger partial charge >= 0.3 is 0 Å². The molecular formula is C13H9N5. The highest BCUT2D eigenvalue weighted by atomic mass is 15.1. The van der Waals surface area contributed by atoms with Crippen LogP contribution >= 0.6 is 0 Å². The van der Waals surface area contributed by atoms with E-state index in [2.05, 4.69) is 16.0 Å². The van der Waals surface area contributed by atoms with Gasteiger partial charge in [-0.25, -0.2) is 9.97 Å². The molecule has 0 aliphatic rings. The number of nitrogens with two attached hydrogens (primary N) is 1. The summed E-state index contributed by atoms with van der Waals surface area (Å²) in [6.45, 7) is 0. The van der Waals surface area contributed by atoms with Crippen molar-refractivity contribution in [1.29, 1.82) is 5.26 Å². The third-order valence-corrected chi connectivity index (χ3v) is 2.74. The summed E-state index contributed by atoms with van der Waals surface area (Å²) in [5, 5.41) is 9.98. The van der Waals surface area contributed by atoms with E-state index >= 15 is 0 Å². The van der Waals surface area contributed by atoms with Crippen LogP contribution in [-0.2, 0) is 0 Å². The number of rotatable bonds is 1. The first-order valence-corrected chi connectivity index (χ1v) is 5.37. The fraction of sp³-hybridized carbons (Fsp3) is 0. The number of fused-ring (bicyclic) bond motifs is 1. The molecule has 2 heterocycles.